The number of carbonyl (C=O) groups excluding carboxylic acids is 3. The predicted molar refractivity (Wildman–Crippen MR) is 251 cm³/mol. The van der Waals surface area contributed by atoms with Gasteiger partial charge in [-0.2, -0.15) is 0 Å². The summed E-state index contributed by atoms with van der Waals surface area (Å²) < 4.78 is 16.6. The van der Waals surface area contributed by atoms with E-state index in [0.29, 0.717) is 12.8 Å². The molecule has 0 amide bonds. The molecule has 0 saturated carbocycles. The van der Waals surface area contributed by atoms with Crippen molar-refractivity contribution in [2.45, 2.75) is 207 Å². The van der Waals surface area contributed by atoms with Gasteiger partial charge in [0, 0.05) is 12.8 Å². The first-order valence-electron chi connectivity index (χ1n) is 23.7. The van der Waals surface area contributed by atoms with Crippen molar-refractivity contribution in [1.82, 2.24) is 0 Å². The van der Waals surface area contributed by atoms with Crippen molar-refractivity contribution >= 4 is 17.9 Å². The molecule has 0 fully saturated rings. The Morgan fingerprint density at radius 2 is 0.729 bits per heavy atom. The van der Waals surface area contributed by atoms with Crippen molar-refractivity contribution in [3.05, 3.63) is 97.2 Å². The molecular weight excluding hydrogens is 733 g/mol. The van der Waals surface area contributed by atoms with Crippen LogP contribution in [-0.2, 0) is 28.6 Å². The van der Waals surface area contributed by atoms with E-state index in [9.17, 15) is 14.4 Å². The van der Waals surface area contributed by atoms with E-state index < -0.39 is 12.1 Å². The lowest BCUT2D eigenvalue weighted by molar-refractivity contribution is -0.166. The van der Waals surface area contributed by atoms with E-state index in [-0.39, 0.29) is 38.0 Å². The summed E-state index contributed by atoms with van der Waals surface area (Å²) in [6, 6.07) is 0. The van der Waals surface area contributed by atoms with Gasteiger partial charge in [0.1, 0.15) is 13.2 Å². The molecule has 0 rings (SSSR count). The van der Waals surface area contributed by atoms with Crippen LogP contribution in [0.4, 0.5) is 0 Å². The Labute approximate surface area is 362 Å². The number of carbonyl (C=O) groups is 3. The maximum atomic E-state index is 12.7. The third kappa shape index (κ3) is 45.3. The normalized spacial score (nSPS) is 12.9. The lowest BCUT2D eigenvalue weighted by Crippen LogP contribution is -2.30. The molecule has 0 aromatic heterocycles. The van der Waals surface area contributed by atoms with Crippen molar-refractivity contribution < 1.29 is 28.6 Å². The van der Waals surface area contributed by atoms with Gasteiger partial charge in [-0.25, -0.2) is 0 Å². The summed E-state index contributed by atoms with van der Waals surface area (Å²) in [6.45, 7) is 6.27. The first-order valence-corrected chi connectivity index (χ1v) is 23.7. The van der Waals surface area contributed by atoms with Crippen LogP contribution in [0.1, 0.15) is 201 Å². The lowest BCUT2D eigenvalue weighted by atomic mass is 10.0. The summed E-state index contributed by atoms with van der Waals surface area (Å²) in [5, 5.41) is 0. The average Bonchev–Trinajstić information content (AvgIpc) is 3.23. The smallest absolute Gasteiger partial charge is 0.309 e. The predicted octanol–water partition coefficient (Wildman–Crippen LogP) is 15.4. The molecule has 6 heteroatoms. The summed E-state index contributed by atoms with van der Waals surface area (Å²) in [5.74, 6) is -1.09. The molecule has 0 aliphatic heterocycles. The molecule has 1 unspecified atom stereocenters. The summed E-state index contributed by atoms with van der Waals surface area (Å²) >= 11 is 0. The molecule has 6 nitrogen and oxygen atoms in total. The lowest BCUT2D eigenvalue weighted by Gasteiger charge is -2.18. The molecule has 0 heterocycles. The Morgan fingerprint density at radius 1 is 0.373 bits per heavy atom. The number of hydrogen-bond acceptors (Lipinski definition) is 6. The number of hydrogen-bond donors (Lipinski definition) is 0. The fourth-order valence-electron chi connectivity index (χ4n) is 6.12. The monoisotopic (exact) mass is 819 g/mol. The molecule has 0 spiro atoms. The van der Waals surface area contributed by atoms with Gasteiger partial charge in [-0.15, -0.1) is 0 Å². The molecule has 0 bridgehead atoms. The van der Waals surface area contributed by atoms with Crippen LogP contribution >= 0.6 is 0 Å². The minimum Gasteiger partial charge on any atom is -0.462 e. The Kier molecular flexibility index (Phi) is 44.1. The van der Waals surface area contributed by atoms with E-state index in [4.69, 9.17) is 14.2 Å². The van der Waals surface area contributed by atoms with Crippen LogP contribution < -0.4 is 0 Å². The molecule has 0 aliphatic rings. The number of rotatable bonds is 41. The maximum Gasteiger partial charge on any atom is 0.309 e. The van der Waals surface area contributed by atoms with Gasteiger partial charge in [0.15, 0.2) is 6.10 Å². The summed E-state index contributed by atoms with van der Waals surface area (Å²) in [5.41, 5.74) is 0. The largest absolute Gasteiger partial charge is 0.462 e. The van der Waals surface area contributed by atoms with Crippen LogP contribution in [0.25, 0.3) is 0 Å². The Hall–Kier alpha value is -3.67. The Morgan fingerprint density at radius 3 is 1.19 bits per heavy atom. The molecule has 0 aromatic carbocycles. The van der Waals surface area contributed by atoms with Crippen molar-refractivity contribution in [2.75, 3.05) is 13.2 Å². The van der Waals surface area contributed by atoms with E-state index in [2.05, 4.69) is 106 Å². The third-order valence-corrected chi connectivity index (χ3v) is 9.62. The van der Waals surface area contributed by atoms with Crippen LogP contribution in [0, 0.1) is 0 Å². The van der Waals surface area contributed by atoms with Crippen molar-refractivity contribution in [1.29, 1.82) is 0 Å². The van der Waals surface area contributed by atoms with Gasteiger partial charge in [0.2, 0.25) is 0 Å². The van der Waals surface area contributed by atoms with Gasteiger partial charge in [-0.3, -0.25) is 14.4 Å². The number of esters is 3. The second kappa shape index (κ2) is 47.0. The highest BCUT2D eigenvalue weighted by molar-refractivity contribution is 5.72. The minimum absolute atomic E-state index is 0.119. The molecule has 1 atom stereocenters. The van der Waals surface area contributed by atoms with E-state index >= 15 is 0 Å². The molecule has 0 aromatic rings. The Bertz CT molecular complexity index is 1220. The van der Waals surface area contributed by atoms with Crippen LogP contribution in [-0.4, -0.2) is 37.2 Å². The van der Waals surface area contributed by atoms with Gasteiger partial charge >= 0.3 is 17.9 Å². The van der Waals surface area contributed by atoms with E-state index in [0.717, 1.165) is 89.9 Å². The molecule has 0 aliphatic carbocycles. The topological polar surface area (TPSA) is 78.9 Å². The van der Waals surface area contributed by atoms with E-state index in [1.807, 2.05) is 6.08 Å². The highest BCUT2D eigenvalue weighted by atomic mass is 16.6. The summed E-state index contributed by atoms with van der Waals surface area (Å²) in [6.07, 6.45) is 61.3. The van der Waals surface area contributed by atoms with E-state index in [1.165, 1.54) is 64.2 Å². The van der Waals surface area contributed by atoms with Crippen LogP contribution in [0.3, 0.4) is 0 Å². The molecule has 334 valence electrons. The minimum atomic E-state index is -0.830. The first kappa shape index (κ1) is 55.3. The second-order valence-electron chi connectivity index (χ2n) is 15.3. The van der Waals surface area contributed by atoms with Gasteiger partial charge in [0.25, 0.3) is 0 Å². The maximum absolute atomic E-state index is 12.7. The van der Waals surface area contributed by atoms with Crippen molar-refractivity contribution in [3.63, 3.8) is 0 Å². The fourth-order valence-corrected chi connectivity index (χ4v) is 6.12. The molecule has 0 saturated heterocycles. The summed E-state index contributed by atoms with van der Waals surface area (Å²) in [4.78, 5) is 37.8. The Balaban J connectivity index is 4.56. The molecular formula is C53H86O6. The molecule has 0 N–H and O–H groups in total. The zero-order chi connectivity index (χ0) is 43.0. The van der Waals surface area contributed by atoms with Crippen LogP contribution in [0.5, 0.6) is 0 Å². The average molecular weight is 819 g/mol. The SMILES string of the molecule is CC/C=C\C/C=C\C/C=C\C/C=C\C/C=C\CC(=O)OCC(COC(=O)CCCCCCCCCCCCCCC)OC(=O)CCCCC/C=C\C/C=C\C/C=C\CC. The summed E-state index contributed by atoms with van der Waals surface area (Å²) in [7, 11) is 0. The van der Waals surface area contributed by atoms with Gasteiger partial charge in [-0.05, 0) is 77.0 Å². The molecule has 59 heavy (non-hydrogen) atoms. The van der Waals surface area contributed by atoms with Crippen LogP contribution in [0.2, 0.25) is 0 Å². The first-order chi connectivity index (χ1) is 29.0. The third-order valence-electron chi connectivity index (χ3n) is 9.62. The van der Waals surface area contributed by atoms with Crippen LogP contribution in [0.15, 0.2) is 97.2 Å². The zero-order valence-corrected chi connectivity index (χ0v) is 38.0. The quantitative estimate of drug-likeness (QED) is 0.0265. The highest BCUT2D eigenvalue weighted by Gasteiger charge is 2.19. The zero-order valence-electron chi connectivity index (χ0n) is 38.0. The molecule has 0 radical (unpaired) electrons. The van der Waals surface area contributed by atoms with Crippen molar-refractivity contribution in [2.24, 2.45) is 0 Å². The fraction of sp³-hybridized carbons (Fsp3) is 0.642. The van der Waals surface area contributed by atoms with Gasteiger partial charge in [-0.1, -0.05) is 201 Å². The van der Waals surface area contributed by atoms with Gasteiger partial charge in [0.05, 0.1) is 6.42 Å². The second-order valence-corrected chi connectivity index (χ2v) is 15.3. The standard InChI is InChI=1S/C53H86O6/c1-4-7-10-13-16-19-22-25-26-29-31-34-37-40-43-46-52(55)58-49-50(59-53(56)47-44-41-38-35-32-28-24-21-18-15-12-9-6-3)48-57-51(54)45-42-39-36-33-30-27-23-20-17-14-11-8-5-2/h7,9-10,12,16,18-19,21,25-26,28,31-32,34,40,43,50H,4-6,8,11,13-15,17,20,22-24,27,29-30,33,35-39,41-42,44-49H2,1-3H3/b10-7-,12-9-,19-16-,21-18-,26-25-,32-28-,34-31-,43-40-. The number of unbranched alkanes of at least 4 members (excludes halogenated alkanes) is 15. The van der Waals surface area contributed by atoms with Crippen molar-refractivity contribution in [3.8, 4) is 0 Å². The van der Waals surface area contributed by atoms with Gasteiger partial charge < -0.3 is 14.2 Å². The highest BCUT2D eigenvalue weighted by Crippen LogP contribution is 2.14. The number of allylic oxidation sites excluding steroid dienone is 15. The number of ether oxygens (including phenoxy) is 3. The van der Waals surface area contributed by atoms with E-state index in [1.54, 1.807) is 6.08 Å².